The number of rotatable bonds is 4. The van der Waals surface area contributed by atoms with E-state index in [2.05, 4.69) is 4.98 Å². The maximum absolute atomic E-state index is 13.0. The number of pyridine rings is 1. The van der Waals surface area contributed by atoms with Gasteiger partial charge in [-0.2, -0.15) is 0 Å². The smallest absolute Gasteiger partial charge is 0.326 e. The monoisotopic (exact) mass is 372 g/mol. The molecule has 1 aliphatic rings. The fraction of sp³-hybridized carbons (Fsp3) is 0.174. The van der Waals surface area contributed by atoms with Crippen LogP contribution in [0.15, 0.2) is 72.8 Å². The van der Waals surface area contributed by atoms with E-state index in [1.54, 1.807) is 6.07 Å². The molecule has 140 valence electrons. The first kappa shape index (κ1) is 17.9. The lowest BCUT2D eigenvalue weighted by Gasteiger charge is -2.21. The first-order valence-corrected chi connectivity index (χ1v) is 9.31. The van der Waals surface area contributed by atoms with Crippen LogP contribution < -0.4 is 0 Å². The molecule has 0 bridgehead atoms. The van der Waals surface area contributed by atoms with E-state index in [9.17, 15) is 14.7 Å². The third-order valence-electron chi connectivity index (χ3n) is 5.05. The minimum absolute atomic E-state index is 0.270. The van der Waals surface area contributed by atoms with E-state index in [0.29, 0.717) is 25.1 Å². The summed E-state index contributed by atoms with van der Waals surface area (Å²) in [5.74, 6) is -1.29. The average molecular weight is 372 g/mol. The molecule has 1 aliphatic heterocycles. The van der Waals surface area contributed by atoms with E-state index in [1.165, 1.54) is 4.90 Å². The minimum atomic E-state index is -0.963. The van der Waals surface area contributed by atoms with Crippen LogP contribution in [0.25, 0.3) is 22.4 Å². The summed E-state index contributed by atoms with van der Waals surface area (Å²) in [7, 11) is 0. The van der Waals surface area contributed by atoms with Gasteiger partial charge in [0.25, 0.3) is 5.91 Å². The maximum atomic E-state index is 13.0. The Bertz CT molecular complexity index is 1000. The molecule has 5 heteroatoms. The summed E-state index contributed by atoms with van der Waals surface area (Å²) in [6.45, 7) is 0.443. The van der Waals surface area contributed by atoms with Crippen molar-refractivity contribution in [1.29, 1.82) is 0 Å². The van der Waals surface area contributed by atoms with E-state index < -0.39 is 12.0 Å². The molecule has 3 aromatic rings. The highest BCUT2D eigenvalue weighted by molar-refractivity contribution is 5.97. The van der Waals surface area contributed by atoms with Crippen molar-refractivity contribution in [3.05, 3.63) is 78.5 Å². The zero-order chi connectivity index (χ0) is 19.5. The summed E-state index contributed by atoms with van der Waals surface area (Å²) in [5, 5.41) is 9.39. The first-order chi connectivity index (χ1) is 13.6. The van der Waals surface area contributed by atoms with Crippen LogP contribution in [-0.2, 0) is 4.79 Å². The van der Waals surface area contributed by atoms with Gasteiger partial charge in [0.1, 0.15) is 11.7 Å². The van der Waals surface area contributed by atoms with Crippen LogP contribution in [0.5, 0.6) is 0 Å². The van der Waals surface area contributed by atoms with Crippen LogP contribution in [0.4, 0.5) is 0 Å². The Balaban J connectivity index is 1.79. The molecular formula is C23H20N2O3. The molecule has 0 aliphatic carbocycles. The minimum Gasteiger partial charge on any atom is -0.480 e. The average Bonchev–Trinajstić information content (AvgIpc) is 3.24. The molecule has 0 radical (unpaired) electrons. The second-order valence-corrected chi connectivity index (χ2v) is 6.82. The van der Waals surface area contributed by atoms with Gasteiger partial charge in [0, 0.05) is 17.7 Å². The molecule has 1 aromatic heterocycles. The molecule has 1 N–H and O–H groups in total. The number of carbonyl (C=O) groups excluding carboxylic acids is 1. The zero-order valence-electron chi connectivity index (χ0n) is 15.3. The van der Waals surface area contributed by atoms with Crippen molar-refractivity contribution in [1.82, 2.24) is 9.88 Å². The second-order valence-electron chi connectivity index (χ2n) is 6.82. The molecule has 5 nitrogen and oxygen atoms in total. The summed E-state index contributed by atoms with van der Waals surface area (Å²) in [6.07, 6.45) is 1.17. The Morgan fingerprint density at radius 3 is 2.18 bits per heavy atom. The third-order valence-corrected chi connectivity index (χ3v) is 5.05. The number of likely N-dealkylation sites (tertiary alicyclic amines) is 1. The zero-order valence-corrected chi connectivity index (χ0v) is 15.3. The van der Waals surface area contributed by atoms with E-state index >= 15 is 0 Å². The first-order valence-electron chi connectivity index (χ1n) is 9.31. The number of carboxylic acids is 1. The Kier molecular flexibility index (Phi) is 4.89. The number of carbonyl (C=O) groups is 2. The lowest BCUT2D eigenvalue weighted by atomic mass is 9.99. The van der Waals surface area contributed by atoms with Gasteiger partial charge in [-0.1, -0.05) is 60.7 Å². The van der Waals surface area contributed by atoms with Crippen molar-refractivity contribution >= 4 is 11.9 Å². The number of aliphatic carboxylic acids is 1. The predicted octanol–water partition coefficient (Wildman–Crippen LogP) is 4.10. The Morgan fingerprint density at radius 2 is 1.54 bits per heavy atom. The van der Waals surface area contributed by atoms with Crippen molar-refractivity contribution in [3.63, 3.8) is 0 Å². The number of hydrogen-bond acceptors (Lipinski definition) is 3. The highest BCUT2D eigenvalue weighted by Gasteiger charge is 2.35. The Labute approximate surface area is 163 Å². The molecule has 1 atom stereocenters. The van der Waals surface area contributed by atoms with Gasteiger partial charge in [-0.25, -0.2) is 9.78 Å². The maximum Gasteiger partial charge on any atom is 0.326 e. The summed E-state index contributed by atoms with van der Waals surface area (Å²) in [5.41, 5.74) is 3.83. The quantitative estimate of drug-likeness (QED) is 0.748. The van der Waals surface area contributed by atoms with E-state index in [4.69, 9.17) is 0 Å². The molecular weight excluding hydrogens is 352 g/mol. The second kappa shape index (κ2) is 7.64. The van der Waals surface area contributed by atoms with Crippen molar-refractivity contribution in [3.8, 4) is 22.4 Å². The fourth-order valence-electron chi connectivity index (χ4n) is 3.66. The van der Waals surface area contributed by atoms with Gasteiger partial charge >= 0.3 is 5.97 Å². The van der Waals surface area contributed by atoms with E-state index in [0.717, 1.165) is 16.7 Å². The molecule has 1 amide bonds. The van der Waals surface area contributed by atoms with Gasteiger partial charge < -0.3 is 10.0 Å². The largest absolute Gasteiger partial charge is 0.480 e. The van der Waals surface area contributed by atoms with Crippen LogP contribution in [0, 0.1) is 0 Å². The Morgan fingerprint density at radius 1 is 0.893 bits per heavy atom. The number of hydrogen-bond donors (Lipinski definition) is 1. The van der Waals surface area contributed by atoms with Gasteiger partial charge in [-0.3, -0.25) is 4.79 Å². The normalized spacial score (nSPS) is 16.1. The van der Waals surface area contributed by atoms with Crippen LogP contribution in [0.3, 0.4) is 0 Å². The van der Waals surface area contributed by atoms with Crippen LogP contribution in [0.2, 0.25) is 0 Å². The number of benzene rings is 2. The lowest BCUT2D eigenvalue weighted by molar-refractivity contribution is -0.141. The molecule has 0 saturated carbocycles. The fourth-order valence-corrected chi connectivity index (χ4v) is 3.66. The predicted molar refractivity (Wildman–Crippen MR) is 107 cm³/mol. The number of amides is 1. The van der Waals surface area contributed by atoms with Crippen molar-refractivity contribution in [2.45, 2.75) is 18.9 Å². The SMILES string of the molecule is O=C(O)[C@H]1CCCN1C(=O)c1ccc(-c2ccccc2)c(-c2ccccc2)n1. The molecule has 2 aromatic carbocycles. The van der Waals surface area contributed by atoms with Crippen molar-refractivity contribution < 1.29 is 14.7 Å². The van der Waals surface area contributed by atoms with Gasteiger partial charge in [-0.05, 0) is 30.5 Å². The molecule has 4 rings (SSSR count). The number of carboxylic acid groups (broad SMARTS) is 1. The topological polar surface area (TPSA) is 70.5 Å². The van der Waals surface area contributed by atoms with Crippen LogP contribution in [-0.4, -0.2) is 39.5 Å². The molecule has 0 unspecified atom stereocenters. The van der Waals surface area contributed by atoms with Crippen molar-refractivity contribution in [2.75, 3.05) is 6.54 Å². The molecule has 1 saturated heterocycles. The number of aromatic nitrogens is 1. The summed E-state index contributed by atoms with van der Waals surface area (Å²) >= 11 is 0. The van der Waals surface area contributed by atoms with Gasteiger partial charge in [0.15, 0.2) is 0 Å². The standard InChI is InChI=1S/C23H20N2O3/c26-22(25-15-7-12-20(25)23(27)28)19-14-13-18(16-8-3-1-4-9-16)21(24-19)17-10-5-2-6-11-17/h1-6,8-11,13-14,20H,7,12,15H2,(H,27,28)/t20-/m1/s1. The molecule has 2 heterocycles. The number of nitrogens with zero attached hydrogens (tertiary/aromatic N) is 2. The van der Waals surface area contributed by atoms with Crippen molar-refractivity contribution in [2.24, 2.45) is 0 Å². The summed E-state index contributed by atoms with van der Waals surface area (Å²) < 4.78 is 0. The molecule has 0 spiro atoms. The summed E-state index contributed by atoms with van der Waals surface area (Å²) in [6, 6.07) is 22.4. The van der Waals surface area contributed by atoms with Crippen LogP contribution in [0.1, 0.15) is 23.3 Å². The van der Waals surface area contributed by atoms with Gasteiger partial charge in [0.05, 0.1) is 5.69 Å². The lowest BCUT2D eigenvalue weighted by Crippen LogP contribution is -2.40. The van der Waals surface area contributed by atoms with Gasteiger partial charge in [0.2, 0.25) is 0 Å². The third kappa shape index (κ3) is 3.39. The summed E-state index contributed by atoms with van der Waals surface area (Å²) in [4.78, 5) is 30.5. The van der Waals surface area contributed by atoms with Crippen LogP contribution >= 0.6 is 0 Å². The molecule has 1 fully saturated rings. The Hall–Kier alpha value is -3.47. The highest BCUT2D eigenvalue weighted by Crippen LogP contribution is 2.31. The van der Waals surface area contributed by atoms with E-state index in [-0.39, 0.29) is 11.6 Å². The molecule has 28 heavy (non-hydrogen) atoms. The highest BCUT2D eigenvalue weighted by atomic mass is 16.4. The van der Waals surface area contributed by atoms with E-state index in [1.807, 2.05) is 66.7 Å². The van der Waals surface area contributed by atoms with Gasteiger partial charge in [-0.15, -0.1) is 0 Å².